The summed E-state index contributed by atoms with van der Waals surface area (Å²) in [6, 6.07) is 13.0. The molecule has 3 heterocycles. The molecule has 3 aliphatic heterocycles. The van der Waals surface area contributed by atoms with E-state index in [4.69, 9.17) is 0 Å². The molecule has 35 heavy (non-hydrogen) atoms. The van der Waals surface area contributed by atoms with Crippen LogP contribution in [0.15, 0.2) is 54.9 Å². The lowest BCUT2D eigenvalue weighted by molar-refractivity contribution is -0.136. The summed E-state index contributed by atoms with van der Waals surface area (Å²) in [5, 5.41) is 1.89. The highest BCUT2D eigenvalue weighted by molar-refractivity contribution is 5.85. The van der Waals surface area contributed by atoms with E-state index in [0.717, 1.165) is 0 Å². The third kappa shape index (κ3) is 4.75. The van der Waals surface area contributed by atoms with Crippen LogP contribution in [0.2, 0.25) is 0 Å². The molecule has 2 unspecified atom stereocenters. The Bertz CT molecular complexity index is 1140. The Morgan fingerprint density at radius 3 is 2.54 bits per heavy atom. The number of carbonyl (C=O) groups excluding carboxylic acids is 2. The summed E-state index contributed by atoms with van der Waals surface area (Å²) in [5.41, 5.74) is 7.70. The molecule has 1 N–H and O–H groups in total. The number of fused-ring (bicyclic) bond motifs is 1. The van der Waals surface area contributed by atoms with Crippen LogP contribution < -0.4 is 10.3 Å². The number of aryl methyl sites for hydroxylation is 2. The minimum atomic E-state index is -0.272. The Hall–Kier alpha value is -3.39. The summed E-state index contributed by atoms with van der Waals surface area (Å²) in [6.07, 6.45) is 4.62. The van der Waals surface area contributed by atoms with Crippen LogP contribution in [0.3, 0.4) is 0 Å². The van der Waals surface area contributed by atoms with Crippen molar-refractivity contribution in [3.63, 3.8) is 0 Å². The van der Waals surface area contributed by atoms with Crippen LogP contribution in [-0.2, 0) is 9.59 Å². The maximum absolute atomic E-state index is 14.1. The van der Waals surface area contributed by atoms with Crippen molar-refractivity contribution in [2.45, 2.75) is 38.8 Å². The fraction of sp³-hybridized carbons (Fsp3) is 0.407. The van der Waals surface area contributed by atoms with Gasteiger partial charge in [-0.25, -0.2) is 9.82 Å². The van der Waals surface area contributed by atoms with Gasteiger partial charge in [-0.1, -0.05) is 30.3 Å². The first-order chi connectivity index (χ1) is 16.9. The first kappa shape index (κ1) is 23.4. The van der Waals surface area contributed by atoms with Crippen molar-refractivity contribution < 1.29 is 14.0 Å². The van der Waals surface area contributed by atoms with Gasteiger partial charge >= 0.3 is 0 Å². The minimum absolute atomic E-state index is 0.0171. The highest BCUT2D eigenvalue weighted by Crippen LogP contribution is 2.31. The SMILES string of the molecule is Cc1ccc(C2CC3C(=O)N(CCC(=O)N4CCN(c5ccccc5F)CC4)C=CN3N2)cc1C. The standard InChI is InChI=1S/C27H32FN5O2/c1-19-7-8-21(17-20(19)2)23-18-25-27(35)32(15-16-33(25)29-23)10-9-26(34)31-13-11-30(12-14-31)24-6-4-3-5-22(24)28/h3-8,15-17,23,25,29H,9-14,18H2,1-2H3. The van der Waals surface area contributed by atoms with Gasteiger partial charge in [-0.05, 0) is 49.1 Å². The topological polar surface area (TPSA) is 59.1 Å². The number of hydrazine groups is 1. The average molecular weight is 478 g/mol. The summed E-state index contributed by atoms with van der Waals surface area (Å²) in [6.45, 7) is 6.85. The largest absolute Gasteiger partial charge is 0.366 e. The van der Waals surface area contributed by atoms with Gasteiger partial charge in [-0.3, -0.25) is 9.59 Å². The molecule has 2 aromatic carbocycles. The van der Waals surface area contributed by atoms with Crippen LogP contribution in [0.1, 0.15) is 35.6 Å². The van der Waals surface area contributed by atoms with E-state index in [1.54, 1.807) is 23.2 Å². The molecule has 2 aromatic rings. The normalized spacial score (nSPS) is 22.1. The van der Waals surface area contributed by atoms with Crippen molar-refractivity contribution >= 4 is 17.5 Å². The van der Waals surface area contributed by atoms with Gasteiger partial charge in [0.25, 0.3) is 5.91 Å². The first-order valence-electron chi connectivity index (χ1n) is 12.3. The summed E-state index contributed by atoms with van der Waals surface area (Å²) >= 11 is 0. The maximum atomic E-state index is 14.1. The van der Waals surface area contributed by atoms with Crippen molar-refractivity contribution in [1.29, 1.82) is 0 Å². The molecule has 2 atom stereocenters. The molecule has 5 rings (SSSR count). The first-order valence-corrected chi connectivity index (χ1v) is 12.3. The Morgan fingerprint density at radius 1 is 1.03 bits per heavy atom. The molecule has 3 aliphatic rings. The van der Waals surface area contributed by atoms with Crippen molar-refractivity contribution in [2.24, 2.45) is 0 Å². The van der Waals surface area contributed by atoms with E-state index in [-0.39, 0.29) is 36.1 Å². The molecule has 0 spiro atoms. The Kier molecular flexibility index (Phi) is 6.47. The number of amides is 2. The van der Waals surface area contributed by atoms with E-state index in [0.29, 0.717) is 44.8 Å². The van der Waals surface area contributed by atoms with E-state index in [1.807, 2.05) is 27.1 Å². The van der Waals surface area contributed by atoms with E-state index < -0.39 is 0 Å². The summed E-state index contributed by atoms with van der Waals surface area (Å²) in [4.78, 5) is 31.4. The third-order valence-corrected chi connectivity index (χ3v) is 7.40. The molecule has 0 saturated carbocycles. The zero-order valence-electron chi connectivity index (χ0n) is 20.3. The summed E-state index contributed by atoms with van der Waals surface area (Å²) in [5.74, 6) is -0.194. The number of nitrogens with one attached hydrogen (secondary N) is 1. The lowest BCUT2D eigenvalue weighted by Gasteiger charge is -2.37. The van der Waals surface area contributed by atoms with Crippen LogP contribution in [0.25, 0.3) is 0 Å². The van der Waals surface area contributed by atoms with Gasteiger partial charge in [0.1, 0.15) is 11.9 Å². The number of anilines is 1. The fourth-order valence-corrected chi connectivity index (χ4v) is 5.10. The second kappa shape index (κ2) is 9.70. The van der Waals surface area contributed by atoms with E-state index in [1.165, 1.54) is 22.8 Å². The van der Waals surface area contributed by atoms with Crippen molar-refractivity contribution in [2.75, 3.05) is 37.6 Å². The number of carbonyl (C=O) groups is 2. The molecule has 7 nitrogen and oxygen atoms in total. The lowest BCUT2D eigenvalue weighted by atomic mass is 9.97. The number of halogens is 1. The van der Waals surface area contributed by atoms with Gasteiger partial charge in [0.05, 0.1) is 11.7 Å². The van der Waals surface area contributed by atoms with E-state index in [2.05, 4.69) is 37.5 Å². The summed E-state index contributed by atoms with van der Waals surface area (Å²) in [7, 11) is 0. The zero-order valence-corrected chi connectivity index (χ0v) is 20.3. The van der Waals surface area contributed by atoms with Gasteiger partial charge in [-0.2, -0.15) is 0 Å². The molecular weight excluding hydrogens is 445 g/mol. The molecule has 2 fully saturated rings. The molecule has 8 heteroatoms. The van der Waals surface area contributed by atoms with Crippen LogP contribution in [-0.4, -0.2) is 65.4 Å². The summed E-state index contributed by atoms with van der Waals surface area (Å²) < 4.78 is 14.1. The highest BCUT2D eigenvalue weighted by Gasteiger charge is 2.40. The lowest BCUT2D eigenvalue weighted by Crippen LogP contribution is -2.51. The Labute approximate surface area is 205 Å². The van der Waals surface area contributed by atoms with E-state index in [9.17, 15) is 14.0 Å². The monoisotopic (exact) mass is 477 g/mol. The van der Waals surface area contributed by atoms with Crippen LogP contribution in [0, 0.1) is 19.7 Å². The molecule has 0 aliphatic carbocycles. The maximum Gasteiger partial charge on any atom is 0.250 e. The highest BCUT2D eigenvalue weighted by atomic mass is 19.1. The van der Waals surface area contributed by atoms with Crippen molar-refractivity contribution in [3.8, 4) is 0 Å². The molecule has 184 valence electrons. The van der Waals surface area contributed by atoms with Gasteiger partial charge in [0.15, 0.2) is 0 Å². The number of piperazine rings is 1. The number of hydrogen-bond donors (Lipinski definition) is 1. The number of nitrogens with zero attached hydrogens (tertiary/aromatic N) is 4. The van der Waals surface area contributed by atoms with Gasteiger partial charge in [0.2, 0.25) is 5.91 Å². The van der Waals surface area contributed by atoms with Gasteiger partial charge in [-0.15, -0.1) is 0 Å². The second-order valence-electron chi connectivity index (χ2n) is 9.58. The number of hydrogen-bond acceptors (Lipinski definition) is 5. The molecule has 0 radical (unpaired) electrons. The second-order valence-corrected chi connectivity index (χ2v) is 9.58. The Morgan fingerprint density at radius 2 is 1.80 bits per heavy atom. The van der Waals surface area contributed by atoms with Crippen LogP contribution in [0.5, 0.6) is 0 Å². The molecular formula is C27H32FN5O2. The van der Waals surface area contributed by atoms with Crippen molar-refractivity contribution in [1.82, 2.24) is 20.2 Å². The zero-order chi connectivity index (χ0) is 24.5. The fourth-order valence-electron chi connectivity index (χ4n) is 5.10. The van der Waals surface area contributed by atoms with Crippen LogP contribution in [0.4, 0.5) is 10.1 Å². The van der Waals surface area contributed by atoms with E-state index >= 15 is 0 Å². The predicted molar refractivity (Wildman–Crippen MR) is 133 cm³/mol. The van der Waals surface area contributed by atoms with Gasteiger partial charge < -0.3 is 19.7 Å². The van der Waals surface area contributed by atoms with Crippen LogP contribution >= 0.6 is 0 Å². The minimum Gasteiger partial charge on any atom is -0.366 e. The quantitative estimate of drug-likeness (QED) is 0.717. The smallest absolute Gasteiger partial charge is 0.250 e. The number of para-hydroxylation sites is 1. The average Bonchev–Trinajstić information content (AvgIpc) is 3.31. The predicted octanol–water partition coefficient (Wildman–Crippen LogP) is 3.11. The molecule has 2 saturated heterocycles. The third-order valence-electron chi connectivity index (χ3n) is 7.40. The number of benzene rings is 2. The van der Waals surface area contributed by atoms with Gasteiger partial charge in [0, 0.05) is 51.5 Å². The molecule has 0 aromatic heterocycles. The molecule has 2 amide bonds. The molecule has 0 bridgehead atoms. The number of rotatable bonds is 5. The van der Waals surface area contributed by atoms with Crippen molar-refractivity contribution in [3.05, 3.63) is 77.4 Å². The Balaban J connectivity index is 1.13.